The summed E-state index contributed by atoms with van der Waals surface area (Å²) in [6, 6.07) is 8.90. The molecule has 2 N–H and O–H groups in total. The van der Waals surface area contributed by atoms with Crippen molar-refractivity contribution in [1.82, 2.24) is 9.97 Å². The summed E-state index contributed by atoms with van der Waals surface area (Å²) in [5, 5.41) is 5.63. The van der Waals surface area contributed by atoms with Crippen LogP contribution in [0.3, 0.4) is 0 Å². The molecule has 124 valence electrons. The second-order valence-electron chi connectivity index (χ2n) is 4.80. The third-order valence-electron chi connectivity index (χ3n) is 3.10. The third kappa shape index (κ3) is 3.95. The van der Waals surface area contributed by atoms with Crippen LogP contribution in [0.5, 0.6) is 5.75 Å². The summed E-state index contributed by atoms with van der Waals surface area (Å²) in [6.45, 7) is 2.51. The predicted molar refractivity (Wildman–Crippen MR) is 97.2 cm³/mol. The van der Waals surface area contributed by atoms with Gasteiger partial charge < -0.3 is 15.0 Å². The van der Waals surface area contributed by atoms with Crippen molar-refractivity contribution in [3.8, 4) is 5.75 Å². The van der Waals surface area contributed by atoms with Crippen molar-refractivity contribution in [2.75, 3.05) is 17.7 Å². The van der Waals surface area contributed by atoms with Crippen molar-refractivity contribution in [1.29, 1.82) is 0 Å². The van der Waals surface area contributed by atoms with Gasteiger partial charge in [-0.25, -0.2) is 4.98 Å². The lowest BCUT2D eigenvalue weighted by Crippen LogP contribution is -2.15. The van der Waals surface area contributed by atoms with Crippen molar-refractivity contribution in [3.05, 3.63) is 46.1 Å². The Morgan fingerprint density at radius 3 is 2.88 bits per heavy atom. The van der Waals surface area contributed by atoms with Crippen LogP contribution >= 0.6 is 23.1 Å². The molecule has 0 spiro atoms. The number of hydrogen-bond donors (Lipinski definition) is 2. The van der Waals surface area contributed by atoms with Crippen LogP contribution < -0.4 is 15.6 Å². The molecule has 0 aliphatic heterocycles. The number of thiophene rings is 1. The molecule has 2 aromatic heterocycles. The highest BCUT2D eigenvalue weighted by atomic mass is 32.2. The molecule has 24 heavy (non-hydrogen) atoms. The highest BCUT2D eigenvalue weighted by Crippen LogP contribution is 2.20. The summed E-state index contributed by atoms with van der Waals surface area (Å²) in [7, 11) is 0. The maximum Gasteiger partial charge on any atom is 0.260 e. The van der Waals surface area contributed by atoms with Crippen LogP contribution in [0.25, 0.3) is 10.2 Å². The first-order valence-corrected chi connectivity index (χ1v) is 9.15. The average molecular weight is 361 g/mol. The van der Waals surface area contributed by atoms with E-state index in [1.807, 2.05) is 12.3 Å². The van der Waals surface area contributed by atoms with Gasteiger partial charge in [-0.3, -0.25) is 9.59 Å². The predicted octanol–water partition coefficient (Wildman–Crippen LogP) is 3.11. The molecule has 0 fully saturated rings. The fraction of sp³-hybridized carbons (Fsp3) is 0.188. The lowest BCUT2D eigenvalue weighted by molar-refractivity contribution is -0.113. The molecule has 1 aromatic carbocycles. The molecule has 0 saturated carbocycles. The molecule has 0 bridgehead atoms. The van der Waals surface area contributed by atoms with Crippen molar-refractivity contribution in [2.24, 2.45) is 0 Å². The number of ether oxygens (including phenoxy) is 1. The summed E-state index contributed by atoms with van der Waals surface area (Å²) in [5.74, 6) is 0.751. The molecule has 0 aliphatic carbocycles. The Morgan fingerprint density at radius 1 is 1.33 bits per heavy atom. The zero-order chi connectivity index (χ0) is 16.9. The van der Waals surface area contributed by atoms with E-state index in [0.29, 0.717) is 27.7 Å². The van der Waals surface area contributed by atoms with E-state index in [9.17, 15) is 9.59 Å². The van der Waals surface area contributed by atoms with Crippen molar-refractivity contribution in [2.45, 2.75) is 12.1 Å². The molecule has 1 amide bonds. The third-order valence-corrected chi connectivity index (χ3v) is 4.78. The first-order chi connectivity index (χ1) is 11.7. The van der Waals surface area contributed by atoms with Gasteiger partial charge in [0.15, 0.2) is 5.16 Å². The first kappa shape index (κ1) is 16.5. The molecule has 3 rings (SSSR count). The monoisotopic (exact) mass is 361 g/mol. The number of fused-ring (bicyclic) bond motifs is 1. The molecular weight excluding hydrogens is 346 g/mol. The Bertz CT molecular complexity index is 903. The summed E-state index contributed by atoms with van der Waals surface area (Å²) in [5.41, 5.74) is 0.509. The summed E-state index contributed by atoms with van der Waals surface area (Å²) >= 11 is 2.60. The number of nitrogens with one attached hydrogen (secondary N) is 2. The largest absolute Gasteiger partial charge is 0.494 e. The number of rotatable bonds is 6. The highest BCUT2D eigenvalue weighted by Gasteiger charge is 2.08. The van der Waals surface area contributed by atoms with Crippen LogP contribution in [0, 0.1) is 0 Å². The van der Waals surface area contributed by atoms with Crippen LogP contribution in [0.4, 0.5) is 5.69 Å². The van der Waals surface area contributed by atoms with Gasteiger partial charge in [-0.05, 0) is 42.6 Å². The molecule has 0 saturated heterocycles. The Hall–Kier alpha value is -2.32. The number of benzene rings is 1. The normalized spacial score (nSPS) is 10.7. The van der Waals surface area contributed by atoms with Gasteiger partial charge in [-0.15, -0.1) is 11.3 Å². The number of carbonyl (C=O) groups excluding carboxylic acids is 1. The first-order valence-electron chi connectivity index (χ1n) is 7.28. The van der Waals surface area contributed by atoms with E-state index in [-0.39, 0.29) is 17.2 Å². The van der Waals surface area contributed by atoms with Gasteiger partial charge in [-0.2, -0.15) is 0 Å². The SMILES string of the molecule is CCOc1ccc(NC(=O)CSc2nc3sccc3c(=O)[nH]2)cc1. The van der Waals surface area contributed by atoms with Crippen molar-refractivity contribution in [3.63, 3.8) is 0 Å². The smallest absolute Gasteiger partial charge is 0.260 e. The van der Waals surface area contributed by atoms with E-state index in [1.54, 1.807) is 30.3 Å². The summed E-state index contributed by atoms with van der Waals surface area (Å²) in [4.78, 5) is 31.6. The van der Waals surface area contributed by atoms with Crippen molar-refractivity contribution >= 4 is 44.9 Å². The fourth-order valence-electron chi connectivity index (χ4n) is 2.05. The minimum Gasteiger partial charge on any atom is -0.494 e. The van der Waals surface area contributed by atoms with Crippen LogP contribution in [-0.2, 0) is 4.79 Å². The topological polar surface area (TPSA) is 84.1 Å². The highest BCUT2D eigenvalue weighted by molar-refractivity contribution is 7.99. The van der Waals surface area contributed by atoms with E-state index >= 15 is 0 Å². The van der Waals surface area contributed by atoms with Crippen LogP contribution in [0.15, 0.2) is 45.7 Å². The minimum atomic E-state index is -0.185. The van der Waals surface area contributed by atoms with Crippen molar-refractivity contribution < 1.29 is 9.53 Å². The lowest BCUT2D eigenvalue weighted by Gasteiger charge is -2.07. The maximum absolute atomic E-state index is 12.0. The molecule has 3 aromatic rings. The van der Waals surface area contributed by atoms with Gasteiger partial charge in [0.2, 0.25) is 5.91 Å². The number of H-pyrrole nitrogens is 1. The molecule has 0 radical (unpaired) electrons. The number of aromatic amines is 1. The zero-order valence-electron chi connectivity index (χ0n) is 12.9. The van der Waals surface area contributed by atoms with Gasteiger partial charge in [0, 0.05) is 5.69 Å². The van der Waals surface area contributed by atoms with E-state index in [0.717, 1.165) is 5.75 Å². The number of aromatic nitrogens is 2. The zero-order valence-corrected chi connectivity index (χ0v) is 14.5. The maximum atomic E-state index is 12.0. The Morgan fingerprint density at radius 2 is 2.12 bits per heavy atom. The Labute approximate surface area is 146 Å². The van der Waals surface area contributed by atoms with Gasteiger partial charge >= 0.3 is 0 Å². The molecule has 0 aliphatic rings. The quantitative estimate of drug-likeness (QED) is 0.521. The summed E-state index contributed by atoms with van der Waals surface area (Å²) < 4.78 is 5.35. The Balaban J connectivity index is 1.59. The number of hydrogen-bond acceptors (Lipinski definition) is 6. The molecular formula is C16H15N3O3S2. The number of nitrogens with zero attached hydrogens (tertiary/aromatic N) is 1. The minimum absolute atomic E-state index is 0.160. The van der Waals surface area contributed by atoms with E-state index < -0.39 is 0 Å². The van der Waals surface area contributed by atoms with E-state index in [4.69, 9.17) is 4.74 Å². The number of thioether (sulfide) groups is 1. The molecule has 2 heterocycles. The van der Waals surface area contributed by atoms with Gasteiger partial charge in [0.05, 0.1) is 17.7 Å². The fourth-order valence-corrected chi connectivity index (χ4v) is 3.53. The lowest BCUT2D eigenvalue weighted by atomic mass is 10.3. The van der Waals surface area contributed by atoms with Gasteiger partial charge in [0.1, 0.15) is 10.6 Å². The standard InChI is InChI=1S/C16H15N3O3S2/c1-2-22-11-5-3-10(4-6-11)17-13(20)9-24-16-18-14(21)12-7-8-23-15(12)19-16/h3-8H,2,9H2,1H3,(H,17,20)(H,18,19,21). The molecule has 0 atom stereocenters. The Kier molecular flexibility index (Phi) is 5.17. The van der Waals surface area contributed by atoms with Crippen LogP contribution in [-0.4, -0.2) is 28.2 Å². The van der Waals surface area contributed by atoms with E-state index in [2.05, 4.69) is 15.3 Å². The average Bonchev–Trinajstić information content (AvgIpc) is 3.04. The summed E-state index contributed by atoms with van der Waals surface area (Å²) in [6.07, 6.45) is 0. The second-order valence-corrected chi connectivity index (χ2v) is 6.66. The van der Waals surface area contributed by atoms with Gasteiger partial charge in [-0.1, -0.05) is 11.8 Å². The number of carbonyl (C=O) groups is 1. The van der Waals surface area contributed by atoms with E-state index in [1.165, 1.54) is 23.1 Å². The number of anilines is 1. The molecule has 6 nitrogen and oxygen atoms in total. The molecule has 8 heteroatoms. The van der Waals surface area contributed by atoms with Gasteiger partial charge in [0.25, 0.3) is 5.56 Å². The van der Waals surface area contributed by atoms with Crippen LogP contribution in [0.2, 0.25) is 0 Å². The second kappa shape index (κ2) is 7.50. The number of amides is 1. The van der Waals surface area contributed by atoms with Crippen LogP contribution in [0.1, 0.15) is 6.92 Å². The molecule has 0 unspecified atom stereocenters.